The summed E-state index contributed by atoms with van der Waals surface area (Å²) in [7, 11) is 0. The molecule has 0 N–H and O–H groups in total. The summed E-state index contributed by atoms with van der Waals surface area (Å²) in [5.74, 6) is -0.177. The molecule has 1 aliphatic heterocycles. The third-order valence-electron chi connectivity index (χ3n) is 2.91. The summed E-state index contributed by atoms with van der Waals surface area (Å²) in [5, 5.41) is 8.94. The molecule has 82 valence electrons. The highest BCUT2D eigenvalue weighted by atomic mass is 79.9. The van der Waals surface area contributed by atoms with Gasteiger partial charge in [0.15, 0.2) is 0 Å². The van der Waals surface area contributed by atoms with Crippen molar-refractivity contribution < 1.29 is 4.79 Å². The second-order valence-electron chi connectivity index (χ2n) is 3.92. The number of nitriles is 1. The third kappa shape index (κ3) is 1.83. The summed E-state index contributed by atoms with van der Waals surface area (Å²) >= 11 is 3.38. The van der Waals surface area contributed by atoms with Gasteiger partial charge in [-0.05, 0) is 25.1 Å². The molecular formula is C12H11BrN2O. The van der Waals surface area contributed by atoms with E-state index in [0.29, 0.717) is 6.42 Å². The van der Waals surface area contributed by atoms with Gasteiger partial charge in [-0.2, -0.15) is 5.26 Å². The zero-order valence-electron chi connectivity index (χ0n) is 8.85. The van der Waals surface area contributed by atoms with Crippen molar-refractivity contribution in [1.29, 1.82) is 5.26 Å². The molecule has 1 saturated heterocycles. The largest absolute Gasteiger partial charge is 0.308 e. The van der Waals surface area contributed by atoms with Crippen LogP contribution in [0.15, 0.2) is 28.7 Å². The lowest BCUT2D eigenvalue weighted by atomic mass is 10.0. The van der Waals surface area contributed by atoms with Gasteiger partial charge in [0.05, 0.1) is 18.0 Å². The van der Waals surface area contributed by atoms with Gasteiger partial charge in [-0.25, -0.2) is 0 Å². The molecule has 3 nitrogen and oxygen atoms in total. The van der Waals surface area contributed by atoms with Crippen LogP contribution in [0.25, 0.3) is 0 Å². The quantitative estimate of drug-likeness (QED) is 0.793. The van der Waals surface area contributed by atoms with Gasteiger partial charge in [-0.3, -0.25) is 4.79 Å². The van der Waals surface area contributed by atoms with Crippen LogP contribution in [0.5, 0.6) is 0 Å². The summed E-state index contributed by atoms with van der Waals surface area (Å²) in [6.07, 6.45) is 0.324. The fourth-order valence-electron chi connectivity index (χ4n) is 2.02. The number of rotatable bonds is 1. The van der Waals surface area contributed by atoms with E-state index in [1.165, 1.54) is 0 Å². The molecule has 0 radical (unpaired) electrons. The van der Waals surface area contributed by atoms with Crippen molar-refractivity contribution in [3.05, 3.63) is 28.7 Å². The van der Waals surface area contributed by atoms with E-state index in [4.69, 9.17) is 5.26 Å². The molecule has 0 bridgehead atoms. The molecular weight excluding hydrogens is 268 g/mol. The maximum Gasteiger partial charge on any atom is 0.228 e. The molecule has 1 aromatic rings. The van der Waals surface area contributed by atoms with Crippen LogP contribution >= 0.6 is 15.9 Å². The van der Waals surface area contributed by atoms with Gasteiger partial charge < -0.3 is 4.90 Å². The van der Waals surface area contributed by atoms with Gasteiger partial charge in [-0.1, -0.05) is 22.0 Å². The Bertz CT molecular complexity index is 466. The monoisotopic (exact) mass is 278 g/mol. The average Bonchev–Trinajstić information content (AvgIpc) is 2.53. The zero-order chi connectivity index (χ0) is 11.7. The van der Waals surface area contributed by atoms with E-state index in [2.05, 4.69) is 22.0 Å². The third-order valence-corrected chi connectivity index (χ3v) is 3.40. The van der Waals surface area contributed by atoms with E-state index < -0.39 is 0 Å². The van der Waals surface area contributed by atoms with Crippen LogP contribution in [-0.2, 0) is 4.79 Å². The second kappa shape index (κ2) is 4.26. The molecule has 2 rings (SSSR count). The van der Waals surface area contributed by atoms with Gasteiger partial charge in [0.1, 0.15) is 0 Å². The van der Waals surface area contributed by atoms with Crippen molar-refractivity contribution in [2.75, 3.05) is 4.90 Å². The molecule has 4 heteroatoms. The SMILES string of the molecule is CC1C(C#N)CC(=O)N1c1cccc(Br)c1. The van der Waals surface area contributed by atoms with Crippen LogP contribution in [-0.4, -0.2) is 11.9 Å². The zero-order valence-corrected chi connectivity index (χ0v) is 10.4. The predicted molar refractivity (Wildman–Crippen MR) is 64.8 cm³/mol. The fourth-order valence-corrected chi connectivity index (χ4v) is 2.41. The summed E-state index contributed by atoms with van der Waals surface area (Å²) in [6.45, 7) is 1.92. The summed E-state index contributed by atoms with van der Waals surface area (Å²) in [5.41, 5.74) is 0.852. The lowest BCUT2D eigenvalue weighted by Gasteiger charge is -2.22. The van der Waals surface area contributed by atoms with Crippen molar-refractivity contribution in [2.45, 2.75) is 19.4 Å². The Kier molecular flexibility index (Phi) is 2.97. The van der Waals surface area contributed by atoms with Crippen LogP contribution in [0, 0.1) is 17.2 Å². The van der Waals surface area contributed by atoms with E-state index in [-0.39, 0.29) is 17.9 Å². The van der Waals surface area contributed by atoms with Crippen molar-refractivity contribution in [1.82, 2.24) is 0 Å². The number of hydrogen-bond acceptors (Lipinski definition) is 2. The number of carbonyl (C=O) groups is 1. The van der Waals surface area contributed by atoms with E-state index in [1.807, 2.05) is 31.2 Å². The molecule has 2 unspecified atom stereocenters. The Morgan fingerprint density at radius 2 is 2.31 bits per heavy atom. The summed E-state index contributed by atoms with van der Waals surface area (Å²) in [4.78, 5) is 13.5. The Hall–Kier alpha value is -1.34. The van der Waals surface area contributed by atoms with Crippen LogP contribution in [0.1, 0.15) is 13.3 Å². The van der Waals surface area contributed by atoms with Crippen molar-refractivity contribution in [2.24, 2.45) is 5.92 Å². The smallest absolute Gasteiger partial charge is 0.228 e. The molecule has 16 heavy (non-hydrogen) atoms. The Morgan fingerprint density at radius 3 is 2.88 bits per heavy atom. The van der Waals surface area contributed by atoms with Gasteiger partial charge in [0.25, 0.3) is 0 Å². The lowest BCUT2D eigenvalue weighted by Crippen LogP contribution is -2.32. The molecule has 1 aromatic carbocycles. The standard InChI is InChI=1S/C12H11BrN2O/c1-8-9(7-14)5-12(16)15(8)11-4-2-3-10(13)6-11/h2-4,6,8-9H,5H2,1H3. The first-order chi connectivity index (χ1) is 7.63. The molecule has 0 spiro atoms. The topological polar surface area (TPSA) is 44.1 Å². The second-order valence-corrected chi connectivity index (χ2v) is 4.84. The number of anilines is 1. The molecule has 1 heterocycles. The van der Waals surface area contributed by atoms with Crippen LogP contribution in [0.3, 0.4) is 0 Å². The van der Waals surface area contributed by atoms with Crippen molar-refractivity contribution >= 4 is 27.5 Å². The average molecular weight is 279 g/mol. The maximum atomic E-state index is 11.8. The van der Waals surface area contributed by atoms with E-state index in [9.17, 15) is 4.79 Å². The van der Waals surface area contributed by atoms with Crippen molar-refractivity contribution in [3.8, 4) is 6.07 Å². The molecule has 1 aliphatic rings. The number of nitrogens with zero attached hydrogens (tertiary/aromatic N) is 2. The predicted octanol–water partition coefficient (Wildman–Crippen LogP) is 2.71. The molecule has 2 atom stereocenters. The molecule has 0 aromatic heterocycles. The van der Waals surface area contributed by atoms with E-state index in [0.717, 1.165) is 10.2 Å². The summed E-state index contributed by atoms with van der Waals surface area (Å²) in [6, 6.07) is 9.72. The first-order valence-corrected chi connectivity index (χ1v) is 5.90. The Balaban J connectivity index is 2.35. The highest BCUT2D eigenvalue weighted by molar-refractivity contribution is 9.10. The first kappa shape index (κ1) is 11.2. The minimum absolute atomic E-state index is 0.0251. The van der Waals surface area contributed by atoms with Crippen LogP contribution in [0.2, 0.25) is 0 Å². The van der Waals surface area contributed by atoms with E-state index >= 15 is 0 Å². The highest BCUT2D eigenvalue weighted by Crippen LogP contribution is 2.31. The van der Waals surface area contributed by atoms with Gasteiger partial charge >= 0.3 is 0 Å². The number of halogens is 1. The fraction of sp³-hybridized carbons (Fsp3) is 0.333. The highest BCUT2D eigenvalue weighted by Gasteiger charge is 2.37. The molecule has 1 amide bonds. The van der Waals surface area contributed by atoms with Gasteiger partial charge in [-0.15, -0.1) is 0 Å². The Labute approximate surface area is 103 Å². The van der Waals surface area contributed by atoms with Gasteiger partial charge in [0, 0.05) is 16.6 Å². The molecule has 0 aliphatic carbocycles. The number of carbonyl (C=O) groups excluding carboxylic acids is 1. The molecule has 0 saturated carbocycles. The number of amides is 1. The van der Waals surface area contributed by atoms with Crippen LogP contribution in [0.4, 0.5) is 5.69 Å². The normalized spacial score (nSPS) is 24.6. The summed E-state index contributed by atoms with van der Waals surface area (Å²) < 4.78 is 0.936. The first-order valence-electron chi connectivity index (χ1n) is 5.10. The van der Waals surface area contributed by atoms with Gasteiger partial charge in [0.2, 0.25) is 5.91 Å². The Morgan fingerprint density at radius 1 is 1.56 bits per heavy atom. The minimum atomic E-state index is -0.202. The van der Waals surface area contributed by atoms with E-state index in [1.54, 1.807) is 4.90 Å². The number of benzene rings is 1. The number of hydrogen-bond donors (Lipinski definition) is 0. The van der Waals surface area contributed by atoms with Crippen molar-refractivity contribution in [3.63, 3.8) is 0 Å². The minimum Gasteiger partial charge on any atom is -0.308 e. The van der Waals surface area contributed by atoms with Crippen LogP contribution < -0.4 is 4.90 Å². The maximum absolute atomic E-state index is 11.8. The molecule has 1 fully saturated rings. The lowest BCUT2D eigenvalue weighted by molar-refractivity contribution is -0.117.